The summed E-state index contributed by atoms with van der Waals surface area (Å²) < 4.78 is 26.3. The number of nitriles is 1. The fraction of sp³-hybridized carbons (Fsp3) is 0.385. The number of nitrogen functional groups attached to an aromatic ring is 1. The highest BCUT2D eigenvalue weighted by Crippen LogP contribution is 2.24. The molecule has 0 aliphatic carbocycles. The van der Waals surface area contributed by atoms with Crippen molar-refractivity contribution in [1.29, 1.82) is 5.26 Å². The smallest absolute Gasteiger partial charge is 0.248 e. The van der Waals surface area contributed by atoms with Crippen molar-refractivity contribution in [1.82, 2.24) is 4.31 Å². The Kier molecular flexibility index (Phi) is 5.29. The van der Waals surface area contributed by atoms with E-state index in [2.05, 4.69) is 0 Å². The first-order chi connectivity index (χ1) is 9.73. The Morgan fingerprint density at radius 1 is 1.48 bits per heavy atom. The van der Waals surface area contributed by atoms with Gasteiger partial charge in [-0.2, -0.15) is 9.57 Å². The number of benzene rings is 1. The predicted molar refractivity (Wildman–Crippen MR) is 78.6 cm³/mol. The molecular weight excluding hydrogens is 292 g/mol. The van der Waals surface area contributed by atoms with E-state index in [1.54, 1.807) is 13.8 Å². The van der Waals surface area contributed by atoms with Crippen LogP contribution in [0.5, 0.6) is 0 Å². The number of nitrogens with two attached hydrogens (primary N) is 2. The normalized spacial score (nSPS) is 12.9. The second-order valence-electron chi connectivity index (χ2n) is 4.60. The first-order valence-electron chi connectivity index (χ1n) is 6.33. The van der Waals surface area contributed by atoms with Gasteiger partial charge in [0.1, 0.15) is 4.90 Å². The van der Waals surface area contributed by atoms with Crippen LogP contribution >= 0.6 is 0 Å². The molecule has 1 rings (SSSR count). The number of hydrogen-bond acceptors (Lipinski definition) is 5. The fourth-order valence-corrected chi connectivity index (χ4v) is 3.45. The Hall–Kier alpha value is -2.11. The molecule has 0 aromatic heterocycles. The molecule has 0 radical (unpaired) electrons. The molecule has 1 aromatic carbocycles. The molecule has 0 aliphatic rings. The van der Waals surface area contributed by atoms with Crippen LogP contribution in [0.15, 0.2) is 23.1 Å². The van der Waals surface area contributed by atoms with Crippen molar-refractivity contribution < 1.29 is 13.2 Å². The van der Waals surface area contributed by atoms with Crippen LogP contribution in [0, 0.1) is 17.2 Å². The number of primary amides is 1. The maximum absolute atomic E-state index is 12.5. The molecule has 0 saturated heterocycles. The molecule has 1 aromatic rings. The molecule has 7 nitrogen and oxygen atoms in total. The average Bonchev–Trinajstić information content (AvgIpc) is 2.43. The number of anilines is 1. The quantitative estimate of drug-likeness (QED) is 0.740. The molecule has 1 atom stereocenters. The van der Waals surface area contributed by atoms with Gasteiger partial charge in [0.25, 0.3) is 0 Å². The molecule has 0 aliphatic heterocycles. The monoisotopic (exact) mass is 310 g/mol. The van der Waals surface area contributed by atoms with Gasteiger partial charge in [0.15, 0.2) is 0 Å². The van der Waals surface area contributed by atoms with Gasteiger partial charge in [0, 0.05) is 18.7 Å². The molecule has 0 heterocycles. The Morgan fingerprint density at radius 3 is 2.52 bits per heavy atom. The molecule has 8 heteroatoms. The minimum Gasteiger partial charge on any atom is -0.398 e. The Balaban J connectivity index is 3.23. The van der Waals surface area contributed by atoms with Crippen molar-refractivity contribution in [2.45, 2.75) is 18.7 Å². The van der Waals surface area contributed by atoms with Crippen molar-refractivity contribution >= 4 is 21.6 Å². The van der Waals surface area contributed by atoms with E-state index in [0.29, 0.717) is 0 Å². The van der Waals surface area contributed by atoms with Crippen LogP contribution in [0.2, 0.25) is 0 Å². The summed E-state index contributed by atoms with van der Waals surface area (Å²) in [6.07, 6.45) is 0. The van der Waals surface area contributed by atoms with Crippen molar-refractivity contribution in [2.75, 3.05) is 18.8 Å². The molecule has 4 N–H and O–H groups in total. The van der Waals surface area contributed by atoms with Gasteiger partial charge < -0.3 is 11.5 Å². The SMILES string of the molecule is CCN(CC(C)C#N)S(=O)(=O)c1ccc(C(N)=O)cc1N. The van der Waals surface area contributed by atoms with Crippen molar-refractivity contribution in [3.8, 4) is 6.07 Å². The molecule has 0 spiro atoms. The highest BCUT2D eigenvalue weighted by atomic mass is 32.2. The largest absolute Gasteiger partial charge is 0.398 e. The van der Waals surface area contributed by atoms with Gasteiger partial charge in [0.2, 0.25) is 15.9 Å². The zero-order valence-electron chi connectivity index (χ0n) is 11.9. The van der Waals surface area contributed by atoms with E-state index >= 15 is 0 Å². The number of nitrogens with zero attached hydrogens (tertiary/aromatic N) is 2. The molecule has 114 valence electrons. The summed E-state index contributed by atoms with van der Waals surface area (Å²) in [5.74, 6) is -1.12. The van der Waals surface area contributed by atoms with Crippen LogP contribution in [-0.2, 0) is 10.0 Å². The van der Waals surface area contributed by atoms with Gasteiger partial charge in [-0.3, -0.25) is 4.79 Å². The Bertz CT molecular complexity index is 679. The summed E-state index contributed by atoms with van der Waals surface area (Å²) >= 11 is 0. The van der Waals surface area contributed by atoms with Crippen LogP contribution in [0.1, 0.15) is 24.2 Å². The Morgan fingerprint density at radius 2 is 2.10 bits per heavy atom. The van der Waals surface area contributed by atoms with Gasteiger partial charge >= 0.3 is 0 Å². The lowest BCUT2D eigenvalue weighted by molar-refractivity contribution is 0.1000. The van der Waals surface area contributed by atoms with Crippen LogP contribution in [0.3, 0.4) is 0 Å². The van der Waals surface area contributed by atoms with E-state index in [4.69, 9.17) is 16.7 Å². The molecular formula is C13H18N4O3S. The first kappa shape index (κ1) is 16.9. The van der Waals surface area contributed by atoms with Gasteiger partial charge in [-0.1, -0.05) is 6.92 Å². The van der Waals surface area contributed by atoms with Crippen molar-refractivity contribution in [3.63, 3.8) is 0 Å². The highest BCUT2D eigenvalue weighted by molar-refractivity contribution is 7.89. The summed E-state index contributed by atoms with van der Waals surface area (Å²) in [5, 5.41) is 8.82. The van der Waals surface area contributed by atoms with Crippen molar-refractivity contribution in [2.24, 2.45) is 11.7 Å². The van der Waals surface area contributed by atoms with E-state index in [-0.39, 0.29) is 29.2 Å². The van der Waals surface area contributed by atoms with E-state index in [1.807, 2.05) is 6.07 Å². The Labute approximate surface area is 124 Å². The molecule has 1 unspecified atom stereocenters. The van der Waals surface area contributed by atoms with E-state index < -0.39 is 21.8 Å². The number of carbonyl (C=O) groups is 1. The zero-order chi connectivity index (χ0) is 16.2. The number of rotatable bonds is 6. The lowest BCUT2D eigenvalue weighted by Gasteiger charge is -2.22. The van der Waals surface area contributed by atoms with Gasteiger partial charge in [-0.15, -0.1) is 0 Å². The van der Waals surface area contributed by atoms with Crippen LogP contribution in [0.4, 0.5) is 5.69 Å². The van der Waals surface area contributed by atoms with E-state index in [1.165, 1.54) is 22.5 Å². The van der Waals surface area contributed by atoms with Gasteiger partial charge in [0.05, 0.1) is 17.7 Å². The second-order valence-corrected chi connectivity index (χ2v) is 6.51. The maximum Gasteiger partial charge on any atom is 0.248 e. The second kappa shape index (κ2) is 6.56. The standard InChI is InChI=1S/C13H18N4O3S/c1-3-17(8-9(2)7-14)21(19,20)12-5-4-10(13(16)18)6-11(12)15/h4-6,9H,3,8,15H2,1-2H3,(H2,16,18). The van der Waals surface area contributed by atoms with Gasteiger partial charge in [-0.25, -0.2) is 8.42 Å². The fourth-order valence-electron chi connectivity index (χ4n) is 1.82. The number of carbonyl (C=O) groups excluding carboxylic acids is 1. The molecule has 21 heavy (non-hydrogen) atoms. The van der Waals surface area contributed by atoms with E-state index in [0.717, 1.165) is 0 Å². The molecule has 1 amide bonds. The lowest BCUT2D eigenvalue weighted by Crippen LogP contribution is -2.34. The van der Waals surface area contributed by atoms with Gasteiger partial charge in [-0.05, 0) is 25.1 Å². The third-order valence-electron chi connectivity index (χ3n) is 2.96. The maximum atomic E-state index is 12.5. The van der Waals surface area contributed by atoms with Crippen molar-refractivity contribution in [3.05, 3.63) is 23.8 Å². The first-order valence-corrected chi connectivity index (χ1v) is 7.77. The molecule has 0 bridgehead atoms. The topological polar surface area (TPSA) is 130 Å². The summed E-state index contributed by atoms with van der Waals surface area (Å²) in [6.45, 7) is 3.60. The summed E-state index contributed by atoms with van der Waals surface area (Å²) in [4.78, 5) is 11.0. The number of sulfonamides is 1. The minimum atomic E-state index is -3.82. The highest BCUT2D eigenvalue weighted by Gasteiger charge is 2.27. The van der Waals surface area contributed by atoms with E-state index in [9.17, 15) is 13.2 Å². The average molecular weight is 310 g/mol. The lowest BCUT2D eigenvalue weighted by atomic mass is 10.2. The number of hydrogen-bond donors (Lipinski definition) is 2. The summed E-state index contributed by atoms with van der Waals surface area (Å²) in [5.41, 5.74) is 10.9. The summed E-state index contributed by atoms with van der Waals surface area (Å²) in [6, 6.07) is 5.79. The van der Waals surface area contributed by atoms with Crippen LogP contribution in [0.25, 0.3) is 0 Å². The molecule has 0 saturated carbocycles. The summed E-state index contributed by atoms with van der Waals surface area (Å²) in [7, 11) is -3.82. The minimum absolute atomic E-state index is 0.0469. The van der Waals surface area contributed by atoms with Crippen LogP contribution < -0.4 is 11.5 Å². The number of amides is 1. The van der Waals surface area contributed by atoms with Crippen LogP contribution in [-0.4, -0.2) is 31.7 Å². The predicted octanol–water partition coefficient (Wildman–Crippen LogP) is 0.538. The third-order valence-corrected chi connectivity index (χ3v) is 4.98. The molecule has 0 fully saturated rings. The zero-order valence-corrected chi connectivity index (χ0v) is 12.7. The third kappa shape index (κ3) is 3.71.